The van der Waals surface area contributed by atoms with Gasteiger partial charge in [0.05, 0.1) is 12.3 Å². The van der Waals surface area contributed by atoms with Crippen molar-refractivity contribution in [3.05, 3.63) is 27.7 Å². The molecule has 0 bridgehead atoms. The zero-order chi connectivity index (χ0) is 12.8. The van der Waals surface area contributed by atoms with Crippen molar-refractivity contribution in [3.63, 3.8) is 0 Å². The third-order valence-corrected chi connectivity index (χ3v) is 2.55. The van der Waals surface area contributed by atoms with E-state index in [1.807, 2.05) is 6.07 Å². The molecule has 0 aliphatic carbocycles. The van der Waals surface area contributed by atoms with Crippen LogP contribution in [-0.4, -0.2) is 30.0 Å². The van der Waals surface area contributed by atoms with Crippen molar-refractivity contribution < 1.29 is 4.74 Å². The molecule has 1 aromatic heterocycles. The second kappa shape index (κ2) is 6.51. The highest BCUT2D eigenvalue weighted by Crippen LogP contribution is 2.10. The summed E-state index contributed by atoms with van der Waals surface area (Å²) in [5.74, 6) is 0.319. The van der Waals surface area contributed by atoms with E-state index in [0.29, 0.717) is 19.1 Å². The number of nitrogens with one attached hydrogen (secondary N) is 1. The molecule has 1 N–H and O–H groups in total. The Morgan fingerprint density at radius 3 is 2.82 bits per heavy atom. The van der Waals surface area contributed by atoms with E-state index in [1.54, 1.807) is 14.2 Å². The van der Waals surface area contributed by atoms with Crippen molar-refractivity contribution in [2.24, 2.45) is 7.05 Å². The van der Waals surface area contributed by atoms with Crippen LogP contribution in [0.3, 0.4) is 0 Å². The molecule has 0 fully saturated rings. The molecule has 0 saturated carbocycles. The maximum atomic E-state index is 11.8. The summed E-state index contributed by atoms with van der Waals surface area (Å²) in [5, 5.41) is 7.40. The van der Waals surface area contributed by atoms with Crippen molar-refractivity contribution in [3.8, 4) is 0 Å². The van der Waals surface area contributed by atoms with Crippen molar-refractivity contribution in [1.29, 1.82) is 0 Å². The van der Waals surface area contributed by atoms with Crippen LogP contribution in [0.2, 0.25) is 0 Å². The predicted octanol–water partition coefficient (Wildman–Crippen LogP) is 0.640. The summed E-state index contributed by atoms with van der Waals surface area (Å²) in [6.45, 7) is 6.06. The fourth-order valence-electron chi connectivity index (χ4n) is 1.50. The summed E-state index contributed by atoms with van der Waals surface area (Å²) >= 11 is 0. The molecule has 17 heavy (non-hydrogen) atoms. The van der Waals surface area contributed by atoms with Gasteiger partial charge in [-0.2, -0.15) is 5.10 Å². The van der Waals surface area contributed by atoms with Crippen LogP contribution < -0.4 is 10.9 Å². The maximum absolute atomic E-state index is 11.8. The highest BCUT2D eigenvalue weighted by atomic mass is 16.5. The Bertz CT molecular complexity index is 413. The topological polar surface area (TPSA) is 56.1 Å². The van der Waals surface area contributed by atoms with Gasteiger partial charge in [0.2, 0.25) is 0 Å². The Balaban J connectivity index is 2.79. The van der Waals surface area contributed by atoms with Crippen LogP contribution in [0.15, 0.2) is 10.9 Å². The SMILES string of the molecule is COCCNCc1cc(C(C)C)nn(C)c1=O. The summed E-state index contributed by atoms with van der Waals surface area (Å²) in [4.78, 5) is 11.8. The van der Waals surface area contributed by atoms with Gasteiger partial charge in [-0.3, -0.25) is 4.79 Å². The number of hydrogen-bond donors (Lipinski definition) is 1. The molecule has 0 unspecified atom stereocenters. The smallest absolute Gasteiger partial charge is 0.270 e. The third-order valence-electron chi connectivity index (χ3n) is 2.55. The molecular formula is C12H21N3O2. The number of ether oxygens (including phenoxy) is 1. The molecule has 0 radical (unpaired) electrons. The summed E-state index contributed by atoms with van der Waals surface area (Å²) in [5.41, 5.74) is 1.65. The van der Waals surface area contributed by atoms with E-state index in [1.165, 1.54) is 4.68 Å². The maximum Gasteiger partial charge on any atom is 0.270 e. The minimum Gasteiger partial charge on any atom is -0.383 e. The average molecular weight is 239 g/mol. The normalized spacial score (nSPS) is 11.1. The Morgan fingerprint density at radius 1 is 1.53 bits per heavy atom. The Hall–Kier alpha value is -1.20. The monoisotopic (exact) mass is 239 g/mol. The first-order valence-electron chi connectivity index (χ1n) is 5.83. The van der Waals surface area contributed by atoms with E-state index < -0.39 is 0 Å². The van der Waals surface area contributed by atoms with E-state index in [-0.39, 0.29) is 5.56 Å². The van der Waals surface area contributed by atoms with Gasteiger partial charge in [-0.1, -0.05) is 13.8 Å². The van der Waals surface area contributed by atoms with Gasteiger partial charge in [0, 0.05) is 32.8 Å². The first-order valence-corrected chi connectivity index (χ1v) is 5.83. The Labute approximate surface area is 102 Å². The highest BCUT2D eigenvalue weighted by molar-refractivity contribution is 5.15. The fraction of sp³-hybridized carbons (Fsp3) is 0.667. The number of methoxy groups -OCH3 is 1. The molecule has 5 nitrogen and oxygen atoms in total. The standard InChI is InChI=1S/C12H21N3O2/c1-9(2)11-7-10(8-13-5-6-17-4)12(16)15(3)14-11/h7,9,13H,5-6,8H2,1-4H3. The van der Waals surface area contributed by atoms with Gasteiger partial charge in [-0.15, -0.1) is 0 Å². The lowest BCUT2D eigenvalue weighted by Crippen LogP contribution is -2.29. The minimum absolute atomic E-state index is 0.0423. The summed E-state index contributed by atoms with van der Waals surface area (Å²) < 4.78 is 6.34. The van der Waals surface area contributed by atoms with Crippen LogP contribution in [0.25, 0.3) is 0 Å². The van der Waals surface area contributed by atoms with Gasteiger partial charge in [0.1, 0.15) is 0 Å². The molecule has 0 aromatic carbocycles. The van der Waals surface area contributed by atoms with E-state index in [2.05, 4.69) is 24.3 Å². The molecule has 0 aliphatic heterocycles. The van der Waals surface area contributed by atoms with E-state index >= 15 is 0 Å². The fourth-order valence-corrected chi connectivity index (χ4v) is 1.50. The number of rotatable bonds is 6. The average Bonchev–Trinajstić information content (AvgIpc) is 2.29. The molecule has 0 spiro atoms. The van der Waals surface area contributed by atoms with Crippen molar-refractivity contribution in [1.82, 2.24) is 15.1 Å². The summed E-state index contributed by atoms with van der Waals surface area (Å²) in [7, 11) is 3.34. The summed E-state index contributed by atoms with van der Waals surface area (Å²) in [6.07, 6.45) is 0. The molecule has 0 amide bonds. The number of hydrogen-bond acceptors (Lipinski definition) is 4. The lowest BCUT2D eigenvalue weighted by atomic mass is 10.1. The van der Waals surface area contributed by atoms with Crippen LogP contribution in [0.5, 0.6) is 0 Å². The van der Waals surface area contributed by atoms with E-state index in [9.17, 15) is 4.79 Å². The summed E-state index contributed by atoms with van der Waals surface area (Å²) in [6, 6.07) is 1.88. The molecule has 1 rings (SSSR count). The van der Waals surface area contributed by atoms with Gasteiger partial charge in [0.25, 0.3) is 5.56 Å². The minimum atomic E-state index is -0.0423. The molecule has 96 valence electrons. The van der Waals surface area contributed by atoms with Crippen molar-refractivity contribution in [2.75, 3.05) is 20.3 Å². The first-order chi connectivity index (χ1) is 8.06. The molecule has 0 atom stereocenters. The van der Waals surface area contributed by atoms with Crippen LogP contribution in [0.4, 0.5) is 0 Å². The third kappa shape index (κ3) is 3.94. The van der Waals surface area contributed by atoms with E-state index in [0.717, 1.165) is 17.8 Å². The first kappa shape index (κ1) is 13.9. The van der Waals surface area contributed by atoms with E-state index in [4.69, 9.17) is 4.74 Å². The molecule has 1 heterocycles. The van der Waals surface area contributed by atoms with Gasteiger partial charge in [-0.05, 0) is 12.0 Å². The molecule has 0 aliphatic rings. The Kier molecular flexibility index (Phi) is 5.31. The van der Waals surface area contributed by atoms with Gasteiger partial charge in [0.15, 0.2) is 0 Å². The second-order valence-corrected chi connectivity index (χ2v) is 4.35. The van der Waals surface area contributed by atoms with Gasteiger partial charge >= 0.3 is 0 Å². The predicted molar refractivity (Wildman–Crippen MR) is 67.1 cm³/mol. The van der Waals surface area contributed by atoms with Crippen molar-refractivity contribution in [2.45, 2.75) is 26.3 Å². The largest absolute Gasteiger partial charge is 0.383 e. The van der Waals surface area contributed by atoms with Gasteiger partial charge in [-0.25, -0.2) is 4.68 Å². The second-order valence-electron chi connectivity index (χ2n) is 4.35. The zero-order valence-electron chi connectivity index (χ0n) is 11.0. The lowest BCUT2D eigenvalue weighted by molar-refractivity contribution is 0.199. The molecule has 0 saturated heterocycles. The number of nitrogens with zero attached hydrogens (tertiary/aromatic N) is 2. The van der Waals surface area contributed by atoms with Crippen molar-refractivity contribution >= 4 is 0 Å². The Morgan fingerprint density at radius 2 is 2.24 bits per heavy atom. The van der Waals surface area contributed by atoms with Crippen LogP contribution in [-0.2, 0) is 18.3 Å². The van der Waals surface area contributed by atoms with Gasteiger partial charge < -0.3 is 10.1 Å². The lowest BCUT2D eigenvalue weighted by Gasteiger charge is -2.10. The van der Waals surface area contributed by atoms with Crippen LogP contribution in [0, 0.1) is 0 Å². The molecule has 5 heteroatoms. The highest BCUT2D eigenvalue weighted by Gasteiger charge is 2.08. The van der Waals surface area contributed by atoms with Crippen LogP contribution >= 0.6 is 0 Å². The zero-order valence-corrected chi connectivity index (χ0v) is 11.0. The molecular weight excluding hydrogens is 218 g/mol. The number of aromatic nitrogens is 2. The quantitative estimate of drug-likeness (QED) is 0.740. The number of aryl methyl sites for hydroxylation is 1. The molecule has 1 aromatic rings. The van der Waals surface area contributed by atoms with Crippen LogP contribution in [0.1, 0.15) is 31.0 Å².